The molecule has 0 radical (unpaired) electrons. The molecule has 1 amide bonds. The van der Waals surface area contributed by atoms with Gasteiger partial charge in [-0.25, -0.2) is 4.98 Å². The lowest BCUT2D eigenvalue weighted by atomic mass is 10.0. The number of halogens is 2. The molecule has 124 valence electrons. The molecule has 1 aromatic heterocycles. The van der Waals surface area contributed by atoms with Gasteiger partial charge in [0.2, 0.25) is 0 Å². The molecule has 4 nitrogen and oxygen atoms in total. The van der Waals surface area contributed by atoms with Crippen LogP contribution in [0.25, 0.3) is 0 Å². The molecule has 2 aromatic carbocycles. The van der Waals surface area contributed by atoms with E-state index in [0.717, 1.165) is 0 Å². The Morgan fingerprint density at radius 3 is 2.40 bits per heavy atom. The minimum Gasteiger partial charge on any atom is -0.321 e. The van der Waals surface area contributed by atoms with Gasteiger partial charge in [0.25, 0.3) is 5.91 Å². The average Bonchev–Trinajstić information content (AvgIpc) is 2.64. The van der Waals surface area contributed by atoms with Crippen molar-refractivity contribution >= 4 is 44.9 Å². The van der Waals surface area contributed by atoms with Crippen LogP contribution in [0.2, 0.25) is 5.02 Å². The number of carbonyl (C=O) groups is 2. The monoisotopic (exact) mass is 414 g/mol. The van der Waals surface area contributed by atoms with Crippen LogP contribution in [0, 0.1) is 0 Å². The lowest BCUT2D eigenvalue weighted by molar-refractivity contribution is 0.102. The molecular weight excluding hydrogens is 404 g/mol. The summed E-state index contributed by atoms with van der Waals surface area (Å²) >= 11 is 9.26. The summed E-state index contributed by atoms with van der Waals surface area (Å²) in [6, 6.07) is 16.9. The van der Waals surface area contributed by atoms with Crippen molar-refractivity contribution in [2.75, 3.05) is 5.32 Å². The number of hydrogen-bond donors (Lipinski definition) is 1. The lowest BCUT2D eigenvalue weighted by Gasteiger charge is -2.11. The number of benzene rings is 2. The van der Waals surface area contributed by atoms with Crippen molar-refractivity contribution in [3.05, 3.63) is 93.2 Å². The zero-order valence-corrected chi connectivity index (χ0v) is 15.2. The van der Waals surface area contributed by atoms with Crippen LogP contribution in [0.3, 0.4) is 0 Å². The Labute approximate surface area is 158 Å². The van der Waals surface area contributed by atoms with Crippen molar-refractivity contribution in [1.82, 2.24) is 4.98 Å². The number of ketones is 1. The third kappa shape index (κ3) is 4.13. The molecule has 0 saturated carbocycles. The topological polar surface area (TPSA) is 59.1 Å². The molecule has 0 aliphatic heterocycles. The standard InChI is InChI=1S/C19H12BrClN2O2/c20-17-9-6-13(11-22-17)19(25)23-16-8-7-14(21)10-15(16)18(24)12-4-2-1-3-5-12/h1-11H,(H,23,25). The van der Waals surface area contributed by atoms with Crippen LogP contribution in [0.1, 0.15) is 26.3 Å². The van der Waals surface area contributed by atoms with Crippen LogP contribution in [0.4, 0.5) is 5.69 Å². The maximum absolute atomic E-state index is 12.8. The van der Waals surface area contributed by atoms with E-state index in [1.165, 1.54) is 6.20 Å². The van der Waals surface area contributed by atoms with Crippen molar-refractivity contribution in [3.63, 3.8) is 0 Å². The van der Waals surface area contributed by atoms with Gasteiger partial charge in [-0.15, -0.1) is 0 Å². The average molecular weight is 416 g/mol. The molecule has 25 heavy (non-hydrogen) atoms. The van der Waals surface area contributed by atoms with Gasteiger partial charge in [-0.1, -0.05) is 41.9 Å². The zero-order chi connectivity index (χ0) is 17.8. The third-order valence-corrected chi connectivity index (χ3v) is 4.20. The SMILES string of the molecule is O=C(Nc1ccc(Cl)cc1C(=O)c1ccccc1)c1ccc(Br)nc1. The van der Waals surface area contributed by atoms with Gasteiger partial charge in [0.05, 0.1) is 11.3 Å². The summed E-state index contributed by atoms with van der Waals surface area (Å²) in [6.45, 7) is 0. The van der Waals surface area contributed by atoms with E-state index in [0.29, 0.717) is 32.0 Å². The van der Waals surface area contributed by atoms with Crippen molar-refractivity contribution in [2.24, 2.45) is 0 Å². The highest BCUT2D eigenvalue weighted by molar-refractivity contribution is 9.10. The smallest absolute Gasteiger partial charge is 0.257 e. The molecule has 0 bridgehead atoms. The Morgan fingerprint density at radius 1 is 0.960 bits per heavy atom. The molecule has 0 atom stereocenters. The second-order valence-electron chi connectivity index (χ2n) is 5.21. The molecule has 0 saturated heterocycles. The van der Waals surface area contributed by atoms with Gasteiger partial charge >= 0.3 is 0 Å². The molecule has 0 spiro atoms. The highest BCUT2D eigenvalue weighted by Crippen LogP contribution is 2.24. The van der Waals surface area contributed by atoms with Crippen LogP contribution in [-0.4, -0.2) is 16.7 Å². The Kier molecular flexibility index (Phi) is 5.26. The molecule has 0 fully saturated rings. The first-order chi connectivity index (χ1) is 12.0. The fourth-order valence-corrected chi connectivity index (χ4v) is 2.67. The quantitative estimate of drug-likeness (QED) is 0.483. The molecule has 6 heteroatoms. The Bertz CT molecular complexity index is 928. The van der Waals surface area contributed by atoms with Gasteiger partial charge in [0.15, 0.2) is 5.78 Å². The van der Waals surface area contributed by atoms with Gasteiger partial charge in [0, 0.05) is 22.3 Å². The Hall–Kier alpha value is -2.50. The molecule has 1 N–H and O–H groups in total. The number of pyridine rings is 1. The second-order valence-corrected chi connectivity index (χ2v) is 6.46. The number of rotatable bonds is 4. The van der Waals surface area contributed by atoms with E-state index < -0.39 is 0 Å². The number of anilines is 1. The maximum atomic E-state index is 12.8. The van der Waals surface area contributed by atoms with Gasteiger partial charge < -0.3 is 5.32 Å². The zero-order valence-electron chi connectivity index (χ0n) is 12.9. The summed E-state index contributed by atoms with van der Waals surface area (Å²) in [5, 5.41) is 3.17. The number of nitrogens with one attached hydrogen (secondary N) is 1. The molecule has 0 unspecified atom stereocenters. The summed E-state index contributed by atoms with van der Waals surface area (Å²) in [5.41, 5.74) is 1.63. The molecule has 0 aliphatic rings. The van der Waals surface area contributed by atoms with E-state index in [2.05, 4.69) is 26.2 Å². The number of amides is 1. The van der Waals surface area contributed by atoms with Crippen LogP contribution < -0.4 is 5.32 Å². The number of hydrogen-bond acceptors (Lipinski definition) is 3. The Balaban J connectivity index is 1.93. The van der Waals surface area contributed by atoms with E-state index in [9.17, 15) is 9.59 Å². The predicted octanol–water partition coefficient (Wildman–Crippen LogP) is 4.98. The van der Waals surface area contributed by atoms with E-state index in [4.69, 9.17) is 11.6 Å². The first kappa shape index (κ1) is 17.3. The van der Waals surface area contributed by atoms with Crippen LogP contribution in [-0.2, 0) is 0 Å². The maximum Gasteiger partial charge on any atom is 0.257 e. The van der Waals surface area contributed by atoms with E-state index in [-0.39, 0.29) is 11.7 Å². The van der Waals surface area contributed by atoms with E-state index in [1.807, 2.05) is 6.07 Å². The summed E-state index contributed by atoms with van der Waals surface area (Å²) in [5.74, 6) is -0.572. The van der Waals surface area contributed by atoms with Crippen LogP contribution in [0.15, 0.2) is 71.5 Å². The summed E-state index contributed by atoms with van der Waals surface area (Å²) in [4.78, 5) is 29.2. The second kappa shape index (κ2) is 7.59. The van der Waals surface area contributed by atoms with Crippen molar-refractivity contribution < 1.29 is 9.59 Å². The molecular formula is C19H12BrClN2O2. The summed E-state index contributed by atoms with van der Waals surface area (Å²) in [7, 11) is 0. The fraction of sp³-hybridized carbons (Fsp3) is 0. The largest absolute Gasteiger partial charge is 0.321 e. The molecule has 1 heterocycles. The van der Waals surface area contributed by atoms with Gasteiger partial charge in [-0.05, 0) is 46.3 Å². The predicted molar refractivity (Wildman–Crippen MR) is 101 cm³/mol. The number of nitrogens with zero attached hydrogens (tertiary/aromatic N) is 1. The van der Waals surface area contributed by atoms with Gasteiger partial charge in [-0.3, -0.25) is 9.59 Å². The first-order valence-corrected chi connectivity index (χ1v) is 8.54. The van der Waals surface area contributed by atoms with E-state index >= 15 is 0 Å². The van der Waals surface area contributed by atoms with Crippen molar-refractivity contribution in [3.8, 4) is 0 Å². The highest BCUT2D eigenvalue weighted by Gasteiger charge is 2.16. The minimum absolute atomic E-state index is 0.215. The highest BCUT2D eigenvalue weighted by atomic mass is 79.9. The van der Waals surface area contributed by atoms with Crippen molar-refractivity contribution in [2.45, 2.75) is 0 Å². The first-order valence-electron chi connectivity index (χ1n) is 7.37. The van der Waals surface area contributed by atoms with E-state index in [1.54, 1.807) is 54.6 Å². The summed E-state index contributed by atoms with van der Waals surface area (Å²) < 4.78 is 0.635. The fourth-order valence-electron chi connectivity index (χ4n) is 2.26. The van der Waals surface area contributed by atoms with Crippen LogP contribution in [0.5, 0.6) is 0 Å². The number of aromatic nitrogens is 1. The molecule has 3 rings (SSSR count). The number of carbonyl (C=O) groups excluding carboxylic acids is 2. The molecule has 0 aliphatic carbocycles. The normalized spacial score (nSPS) is 10.3. The summed E-state index contributed by atoms with van der Waals surface area (Å²) in [6.07, 6.45) is 1.45. The Morgan fingerprint density at radius 2 is 1.72 bits per heavy atom. The molecule has 3 aromatic rings. The van der Waals surface area contributed by atoms with Gasteiger partial charge in [0.1, 0.15) is 4.60 Å². The van der Waals surface area contributed by atoms with Crippen molar-refractivity contribution in [1.29, 1.82) is 0 Å². The lowest BCUT2D eigenvalue weighted by Crippen LogP contribution is -2.15. The van der Waals surface area contributed by atoms with Crippen LogP contribution >= 0.6 is 27.5 Å². The van der Waals surface area contributed by atoms with Gasteiger partial charge in [-0.2, -0.15) is 0 Å². The minimum atomic E-state index is -0.357. The third-order valence-electron chi connectivity index (χ3n) is 3.50.